The smallest absolute Gasteiger partial charge is 0.200 e. The molecule has 0 heterocycles. The second kappa shape index (κ2) is 6.69. The second-order valence-corrected chi connectivity index (χ2v) is 7.28. The number of aromatic hydroxyl groups is 2. The summed E-state index contributed by atoms with van der Waals surface area (Å²) in [6, 6.07) is 13.7. The molecule has 4 rings (SSSR count). The molecule has 0 saturated heterocycles. The number of benzene rings is 3. The van der Waals surface area contributed by atoms with Gasteiger partial charge in [0.05, 0.1) is 27.9 Å². The number of carbonyl (C=O) groups is 2. The van der Waals surface area contributed by atoms with Gasteiger partial charge in [0.2, 0.25) is 11.6 Å². The second-order valence-electron chi connectivity index (χ2n) is 6.42. The number of anilines is 2. The number of hydrogen-bond acceptors (Lipinski definition) is 6. The van der Waals surface area contributed by atoms with Gasteiger partial charge in [0, 0.05) is 16.7 Å². The van der Waals surface area contributed by atoms with E-state index < -0.39 is 11.6 Å². The molecule has 140 valence electrons. The maximum Gasteiger partial charge on any atom is 0.200 e. The number of nitrogens with two attached hydrogens (primary N) is 1. The molecule has 0 saturated carbocycles. The summed E-state index contributed by atoms with van der Waals surface area (Å²) in [5.41, 5.74) is 7.01. The summed E-state index contributed by atoms with van der Waals surface area (Å²) < 4.78 is 0.297. The molecule has 0 aliphatic heterocycles. The number of hydrogen-bond donors (Lipinski definition) is 4. The quantitative estimate of drug-likeness (QED) is 0.285. The maximum absolute atomic E-state index is 13.2. The van der Waals surface area contributed by atoms with E-state index in [2.05, 4.69) is 21.2 Å². The van der Waals surface area contributed by atoms with Crippen molar-refractivity contribution >= 4 is 38.9 Å². The summed E-state index contributed by atoms with van der Waals surface area (Å²) in [5.74, 6) is -1.85. The summed E-state index contributed by atoms with van der Waals surface area (Å²) >= 11 is 3.17. The van der Waals surface area contributed by atoms with Crippen LogP contribution in [0.15, 0.2) is 53.0 Å². The van der Waals surface area contributed by atoms with E-state index in [1.54, 1.807) is 0 Å². The highest BCUT2D eigenvalue weighted by atomic mass is 79.9. The zero-order valence-electron chi connectivity index (χ0n) is 14.5. The van der Waals surface area contributed by atoms with Gasteiger partial charge in [-0.05, 0) is 39.7 Å². The van der Waals surface area contributed by atoms with Crippen molar-refractivity contribution in [3.63, 3.8) is 0 Å². The summed E-state index contributed by atoms with van der Waals surface area (Å²) in [6.45, 7) is 0.418. The van der Waals surface area contributed by atoms with E-state index in [-0.39, 0.29) is 39.4 Å². The average molecular weight is 439 g/mol. The van der Waals surface area contributed by atoms with Crippen molar-refractivity contribution in [3.8, 4) is 11.5 Å². The van der Waals surface area contributed by atoms with Gasteiger partial charge in [-0.15, -0.1) is 0 Å². The van der Waals surface area contributed by atoms with E-state index >= 15 is 0 Å². The minimum absolute atomic E-state index is 0.0189. The minimum Gasteiger partial charge on any atom is -0.507 e. The van der Waals surface area contributed by atoms with E-state index in [9.17, 15) is 19.8 Å². The zero-order valence-corrected chi connectivity index (χ0v) is 16.1. The van der Waals surface area contributed by atoms with Crippen LogP contribution in [-0.4, -0.2) is 21.8 Å². The SMILES string of the molecule is Nc1c(Br)cc(O)c2c1C(=O)c1c(O)ccc(NCc3ccccc3)c1C2=O. The van der Waals surface area contributed by atoms with Gasteiger partial charge in [0.1, 0.15) is 11.5 Å². The molecule has 0 aromatic heterocycles. The van der Waals surface area contributed by atoms with Crippen LogP contribution in [0, 0.1) is 0 Å². The number of nitrogen functional groups attached to an aromatic ring is 1. The van der Waals surface area contributed by atoms with Crippen LogP contribution in [-0.2, 0) is 6.54 Å². The molecule has 7 heteroatoms. The molecule has 0 amide bonds. The van der Waals surface area contributed by atoms with Crippen LogP contribution in [0.25, 0.3) is 0 Å². The number of phenols is 2. The van der Waals surface area contributed by atoms with E-state index in [0.717, 1.165) is 5.56 Å². The highest BCUT2D eigenvalue weighted by Gasteiger charge is 2.38. The van der Waals surface area contributed by atoms with Crippen LogP contribution in [0.3, 0.4) is 0 Å². The summed E-state index contributed by atoms with van der Waals surface area (Å²) in [7, 11) is 0. The Balaban J connectivity index is 1.86. The minimum atomic E-state index is -0.612. The van der Waals surface area contributed by atoms with Gasteiger partial charge in [-0.2, -0.15) is 0 Å². The monoisotopic (exact) mass is 438 g/mol. The fourth-order valence-electron chi connectivity index (χ4n) is 3.37. The predicted molar refractivity (Wildman–Crippen MR) is 109 cm³/mol. The van der Waals surface area contributed by atoms with Crippen LogP contribution >= 0.6 is 15.9 Å². The first kappa shape index (κ1) is 18.1. The van der Waals surface area contributed by atoms with Crippen LogP contribution < -0.4 is 11.1 Å². The molecule has 1 aliphatic carbocycles. The Morgan fingerprint density at radius 2 is 1.50 bits per heavy atom. The molecule has 3 aromatic carbocycles. The highest BCUT2D eigenvalue weighted by Crippen LogP contribution is 2.44. The first-order chi connectivity index (χ1) is 13.4. The van der Waals surface area contributed by atoms with Crippen LogP contribution in [0.2, 0.25) is 0 Å². The number of halogens is 1. The zero-order chi connectivity index (χ0) is 20.0. The predicted octanol–water partition coefficient (Wildman–Crippen LogP) is 3.83. The molecule has 0 atom stereocenters. The lowest BCUT2D eigenvalue weighted by atomic mass is 9.81. The van der Waals surface area contributed by atoms with Crippen molar-refractivity contribution in [1.29, 1.82) is 0 Å². The van der Waals surface area contributed by atoms with Gasteiger partial charge in [-0.3, -0.25) is 9.59 Å². The lowest BCUT2D eigenvalue weighted by molar-refractivity contribution is 0.0975. The van der Waals surface area contributed by atoms with Gasteiger partial charge in [-0.25, -0.2) is 0 Å². The van der Waals surface area contributed by atoms with E-state index in [1.165, 1.54) is 18.2 Å². The van der Waals surface area contributed by atoms with Crippen molar-refractivity contribution in [2.75, 3.05) is 11.1 Å². The average Bonchev–Trinajstić information content (AvgIpc) is 2.68. The normalized spacial score (nSPS) is 12.5. The standard InChI is InChI=1S/C21H15BrN2O4/c22-11-8-14(26)17-18(19(11)23)21(28)16-13(25)7-6-12(15(16)20(17)27)24-9-10-4-2-1-3-5-10/h1-8,24-26H,9,23H2. The number of rotatable bonds is 3. The lowest BCUT2D eigenvalue weighted by Crippen LogP contribution is -2.24. The number of ketones is 2. The molecule has 0 unspecified atom stereocenters. The molecule has 5 N–H and O–H groups in total. The van der Waals surface area contributed by atoms with E-state index in [0.29, 0.717) is 16.7 Å². The maximum atomic E-state index is 13.2. The third kappa shape index (κ3) is 2.71. The third-order valence-corrected chi connectivity index (χ3v) is 5.37. The summed E-state index contributed by atoms with van der Waals surface area (Å²) in [4.78, 5) is 26.3. The fourth-order valence-corrected chi connectivity index (χ4v) is 3.78. The van der Waals surface area contributed by atoms with Gasteiger partial charge >= 0.3 is 0 Å². The summed E-state index contributed by atoms with van der Waals surface area (Å²) in [5, 5.41) is 23.7. The number of phenolic OH excluding ortho intramolecular Hbond substituents is 2. The first-order valence-corrected chi connectivity index (χ1v) is 9.23. The Morgan fingerprint density at radius 1 is 0.857 bits per heavy atom. The van der Waals surface area contributed by atoms with Crippen molar-refractivity contribution in [2.24, 2.45) is 0 Å². The first-order valence-electron chi connectivity index (χ1n) is 8.44. The number of carbonyl (C=O) groups excluding carboxylic acids is 2. The fraction of sp³-hybridized carbons (Fsp3) is 0.0476. The van der Waals surface area contributed by atoms with Crippen LogP contribution in [0.4, 0.5) is 11.4 Å². The molecule has 0 bridgehead atoms. The van der Waals surface area contributed by atoms with Gasteiger partial charge in [0.15, 0.2) is 0 Å². The molecule has 0 fully saturated rings. The number of nitrogens with one attached hydrogen (secondary N) is 1. The highest BCUT2D eigenvalue weighted by molar-refractivity contribution is 9.10. The van der Waals surface area contributed by atoms with Crippen LogP contribution in [0.1, 0.15) is 37.4 Å². The molecule has 0 spiro atoms. The van der Waals surface area contributed by atoms with Crippen molar-refractivity contribution < 1.29 is 19.8 Å². The Labute approximate surface area is 168 Å². The van der Waals surface area contributed by atoms with E-state index in [1.807, 2.05) is 30.3 Å². The van der Waals surface area contributed by atoms with Gasteiger partial charge < -0.3 is 21.3 Å². The largest absolute Gasteiger partial charge is 0.507 e. The molecule has 1 aliphatic rings. The Morgan fingerprint density at radius 3 is 2.21 bits per heavy atom. The van der Waals surface area contributed by atoms with Crippen molar-refractivity contribution in [3.05, 3.63) is 80.8 Å². The van der Waals surface area contributed by atoms with Crippen molar-refractivity contribution in [1.82, 2.24) is 0 Å². The van der Waals surface area contributed by atoms with E-state index in [4.69, 9.17) is 5.73 Å². The third-order valence-electron chi connectivity index (χ3n) is 4.71. The Hall–Kier alpha value is -3.32. The summed E-state index contributed by atoms with van der Waals surface area (Å²) in [6.07, 6.45) is 0. The molecule has 6 nitrogen and oxygen atoms in total. The molecule has 28 heavy (non-hydrogen) atoms. The Bertz CT molecular complexity index is 1140. The van der Waals surface area contributed by atoms with Gasteiger partial charge in [-0.1, -0.05) is 30.3 Å². The molecule has 0 radical (unpaired) electrons. The molecule has 3 aromatic rings. The topological polar surface area (TPSA) is 113 Å². The molecular formula is C21H15BrN2O4. The molecular weight excluding hydrogens is 424 g/mol. The van der Waals surface area contributed by atoms with Crippen LogP contribution in [0.5, 0.6) is 11.5 Å². The Kier molecular flexibility index (Phi) is 4.31. The van der Waals surface area contributed by atoms with Crippen molar-refractivity contribution in [2.45, 2.75) is 6.54 Å². The lowest BCUT2D eigenvalue weighted by Gasteiger charge is -2.24. The van der Waals surface area contributed by atoms with Gasteiger partial charge in [0.25, 0.3) is 0 Å². The number of fused-ring (bicyclic) bond motifs is 2.